The van der Waals surface area contributed by atoms with E-state index in [-0.39, 0.29) is 12.1 Å². The van der Waals surface area contributed by atoms with Crippen LogP contribution in [0.1, 0.15) is 62.7 Å². The molecule has 36 heavy (non-hydrogen) atoms. The lowest BCUT2D eigenvalue weighted by molar-refractivity contribution is 0.0198. The average molecular weight is 494 g/mol. The number of rotatable bonds is 8. The minimum absolute atomic E-state index is 0.108. The Bertz CT molecular complexity index is 1130. The number of hydrogen-bond donors (Lipinski definition) is 2. The van der Waals surface area contributed by atoms with Crippen molar-refractivity contribution in [2.75, 3.05) is 45.3 Å². The topological polar surface area (TPSA) is 84.2 Å². The summed E-state index contributed by atoms with van der Waals surface area (Å²) in [7, 11) is 1.70. The summed E-state index contributed by atoms with van der Waals surface area (Å²) < 4.78 is 12.9. The summed E-state index contributed by atoms with van der Waals surface area (Å²) in [6, 6.07) is 11.7. The highest BCUT2D eigenvalue weighted by atomic mass is 16.5. The minimum atomic E-state index is -0.185. The van der Waals surface area contributed by atoms with Gasteiger partial charge in [-0.15, -0.1) is 5.10 Å². The maximum Gasteiger partial charge on any atom is 0.241 e. The van der Waals surface area contributed by atoms with Gasteiger partial charge in [-0.3, -0.25) is 4.90 Å². The zero-order valence-corrected chi connectivity index (χ0v) is 21.7. The number of aliphatic hydroxyl groups excluding tert-OH is 1. The van der Waals surface area contributed by atoms with Crippen LogP contribution in [0.3, 0.4) is 0 Å². The summed E-state index contributed by atoms with van der Waals surface area (Å²) in [5, 5.41) is 18.3. The van der Waals surface area contributed by atoms with Crippen molar-refractivity contribution in [1.29, 1.82) is 0 Å². The number of nitrogens with one attached hydrogen (secondary N) is 1. The monoisotopic (exact) mass is 493 g/mol. The van der Waals surface area contributed by atoms with Crippen LogP contribution in [0.25, 0.3) is 16.6 Å². The van der Waals surface area contributed by atoms with Crippen molar-refractivity contribution in [3.8, 4) is 11.1 Å². The number of aromatic nitrogens is 3. The molecule has 0 amide bonds. The normalized spacial score (nSPS) is 23.0. The van der Waals surface area contributed by atoms with Crippen molar-refractivity contribution in [2.45, 2.75) is 63.6 Å². The molecule has 1 saturated carbocycles. The van der Waals surface area contributed by atoms with Gasteiger partial charge in [0.25, 0.3) is 0 Å². The summed E-state index contributed by atoms with van der Waals surface area (Å²) in [6.45, 7) is 8.48. The van der Waals surface area contributed by atoms with Crippen molar-refractivity contribution >= 4 is 11.5 Å². The predicted octanol–water partition coefficient (Wildman–Crippen LogP) is 4.25. The van der Waals surface area contributed by atoms with Crippen LogP contribution in [0.2, 0.25) is 0 Å². The van der Waals surface area contributed by atoms with E-state index in [1.54, 1.807) is 7.11 Å². The fourth-order valence-electron chi connectivity index (χ4n) is 5.60. The van der Waals surface area contributed by atoms with Crippen LogP contribution in [0.4, 0.5) is 5.95 Å². The Balaban J connectivity index is 1.47. The molecule has 0 unspecified atom stereocenters. The van der Waals surface area contributed by atoms with Gasteiger partial charge in [0, 0.05) is 49.5 Å². The Labute approximate surface area is 213 Å². The molecule has 2 aliphatic rings. The molecule has 8 nitrogen and oxygen atoms in total. The first-order valence-corrected chi connectivity index (χ1v) is 13.3. The molecule has 2 N–H and O–H groups in total. The van der Waals surface area contributed by atoms with Crippen LogP contribution in [0, 0.1) is 0 Å². The Morgan fingerprint density at radius 1 is 1.11 bits per heavy atom. The third kappa shape index (κ3) is 5.42. The highest BCUT2D eigenvalue weighted by molar-refractivity contribution is 5.81. The van der Waals surface area contributed by atoms with E-state index >= 15 is 0 Å². The van der Waals surface area contributed by atoms with Crippen LogP contribution in [-0.4, -0.2) is 76.8 Å². The van der Waals surface area contributed by atoms with Gasteiger partial charge in [0.1, 0.15) is 0 Å². The van der Waals surface area contributed by atoms with Crippen molar-refractivity contribution in [3.05, 3.63) is 47.8 Å². The zero-order chi connectivity index (χ0) is 25.1. The molecule has 2 aromatic heterocycles. The van der Waals surface area contributed by atoms with Crippen LogP contribution < -0.4 is 5.32 Å². The fraction of sp³-hybridized carbons (Fsp3) is 0.571. The summed E-state index contributed by atoms with van der Waals surface area (Å²) in [6.07, 6.45) is 5.35. The molecule has 3 heterocycles. The quantitative estimate of drug-likeness (QED) is 0.485. The van der Waals surface area contributed by atoms with Crippen molar-refractivity contribution in [2.24, 2.45) is 0 Å². The van der Waals surface area contributed by atoms with E-state index in [0.717, 1.165) is 63.1 Å². The molecular weight excluding hydrogens is 454 g/mol. The van der Waals surface area contributed by atoms with E-state index < -0.39 is 0 Å². The smallest absolute Gasteiger partial charge is 0.241 e. The van der Waals surface area contributed by atoms with E-state index in [1.807, 2.05) is 6.20 Å². The molecule has 0 radical (unpaired) electrons. The van der Waals surface area contributed by atoms with Crippen molar-refractivity contribution in [3.63, 3.8) is 0 Å². The van der Waals surface area contributed by atoms with Crippen LogP contribution in [-0.2, 0) is 9.47 Å². The van der Waals surface area contributed by atoms with Gasteiger partial charge in [-0.05, 0) is 56.7 Å². The van der Waals surface area contributed by atoms with E-state index in [0.29, 0.717) is 24.5 Å². The average Bonchev–Trinajstić information content (AvgIpc) is 3.28. The molecule has 0 bridgehead atoms. The number of anilines is 1. The molecule has 2 atom stereocenters. The van der Waals surface area contributed by atoms with Gasteiger partial charge in [0.05, 0.1) is 37.6 Å². The number of morpholine rings is 1. The fourth-order valence-corrected chi connectivity index (χ4v) is 5.60. The lowest BCUT2D eigenvalue weighted by atomic mass is 9.85. The highest BCUT2D eigenvalue weighted by Gasteiger charge is 2.26. The zero-order valence-electron chi connectivity index (χ0n) is 21.7. The van der Waals surface area contributed by atoms with Crippen LogP contribution in [0.5, 0.6) is 0 Å². The number of ether oxygens (including phenoxy) is 2. The van der Waals surface area contributed by atoms with Crippen LogP contribution >= 0.6 is 0 Å². The SMILES string of the molecule is COC[C@H](C)Nc1ncc2c(-c3ccc([C@H](C)N4CCOCC4)cc3)cc([C@H]3CC[C@@H](O)CC3)n2n1. The molecule has 2 fully saturated rings. The molecule has 1 aromatic carbocycles. The minimum Gasteiger partial charge on any atom is -0.393 e. The van der Waals surface area contributed by atoms with Gasteiger partial charge in [-0.2, -0.15) is 0 Å². The van der Waals surface area contributed by atoms with Gasteiger partial charge in [0.15, 0.2) is 0 Å². The molecule has 1 aliphatic carbocycles. The van der Waals surface area contributed by atoms with Crippen molar-refractivity contribution in [1.82, 2.24) is 19.5 Å². The third-order valence-corrected chi connectivity index (χ3v) is 7.75. The second-order valence-electron chi connectivity index (χ2n) is 10.3. The molecule has 3 aromatic rings. The number of hydrogen-bond acceptors (Lipinski definition) is 7. The van der Waals surface area contributed by atoms with Gasteiger partial charge >= 0.3 is 0 Å². The van der Waals surface area contributed by atoms with E-state index in [2.05, 4.69) is 63.9 Å². The Kier molecular flexibility index (Phi) is 7.86. The third-order valence-electron chi connectivity index (χ3n) is 7.75. The molecule has 1 aliphatic heterocycles. The second kappa shape index (κ2) is 11.3. The van der Waals surface area contributed by atoms with Gasteiger partial charge in [0.2, 0.25) is 5.95 Å². The maximum absolute atomic E-state index is 10.1. The summed E-state index contributed by atoms with van der Waals surface area (Å²) in [5.74, 6) is 0.968. The Hall–Kier alpha value is -2.52. The van der Waals surface area contributed by atoms with Crippen molar-refractivity contribution < 1.29 is 14.6 Å². The maximum atomic E-state index is 10.1. The number of nitrogens with zero attached hydrogens (tertiary/aromatic N) is 4. The molecule has 8 heteroatoms. The number of fused-ring (bicyclic) bond motifs is 1. The molecular formula is C28H39N5O3. The van der Waals surface area contributed by atoms with Gasteiger partial charge in [-0.25, -0.2) is 9.50 Å². The lowest BCUT2D eigenvalue weighted by Crippen LogP contribution is -2.37. The summed E-state index contributed by atoms with van der Waals surface area (Å²) in [5.41, 5.74) is 5.85. The Morgan fingerprint density at radius 2 is 1.83 bits per heavy atom. The van der Waals surface area contributed by atoms with E-state index in [9.17, 15) is 5.11 Å². The first kappa shape index (κ1) is 25.1. The van der Waals surface area contributed by atoms with E-state index in [4.69, 9.17) is 14.6 Å². The number of aliphatic hydroxyl groups is 1. The first-order valence-electron chi connectivity index (χ1n) is 13.3. The van der Waals surface area contributed by atoms with Gasteiger partial charge in [-0.1, -0.05) is 24.3 Å². The number of benzene rings is 1. The van der Waals surface area contributed by atoms with Gasteiger partial charge < -0.3 is 19.9 Å². The van der Waals surface area contributed by atoms with Crippen LogP contribution in [0.15, 0.2) is 36.5 Å². The predicted molar refractivity (Wildman–Crippen MR) is 141 cm³/mol. The first-order chi connectivity index (χ1) is 17.5. The molecule has 1 saturated heterocycles. The number of methoxy groups -OCH3 is 1. The molecule has 5 rings (SSSR count). The largest absolute Gasteiger partial charge is 0.393 e. The van der Waals surface area contributed by atoms with E-state index in [1.165, 1.54) is 16.8 Å². The second-order valence-corrected chi connectivity index (χ2v) is 10.3. The lowest BCUT2D eigenvalue weighted by Gasteiger charge is -2.32. The summed E-state index contributed by atoms with van der Waals surface area (Å²) >= 11 is 0. The highest BCUT2D eigenvalue weighted by Crippen LogP contribution is 2.38. The molecule has 0 spiro atoms. The summed E-state index contributed by atoms with van der Waals surface area (Å²) in [4.78, 5) is 7.12. The standard InChI is InChI=1S/C28H39N5O3/c1-19(18-35-3)30-28-29-17-27-25(16-26(33(27)31-28)23-8-10-24(34)11-9-23)22-6-4-21(5-7-22)20(2)32-12-14-36-15-13-32/h4-7,16-17,19-20,23-24,34H,8-15,18H2,1-3H3,(H,30,31)/t19-,20-,23-,24+/m0/s1. The Morgan fingerprint density at radius 3 is 2.53 bits per heavy atom. The molecule has 194 valence electrons.